The number of hydrogen-bond donors (Lipinski definition) is 0. The SMILES string of the molecule is CCOC(=O)Cc1nnc(SCc2ccc(Br)cc2)n1Cc1ccccc1. The molecule has 1 aromatic heterocycles. The van der Waals surface area contributed by atoms with Crippen molar-refractivity contribution in [2.75, 3.05) is 6.61 Å². The second-order valence-electron chi connectivity index (χ2n) is 5.87. The first kappa shape index (κ1) is 19.6. The Morgan fingerprint density at radius 1 is 1.07 bits per heavy atom. The van der Waals surface area contributed by atoms with Crippen molar-refractivity contribution in [3.05, 3.63) is 76.0 Å². The summed E-state index contributed by atoms with van der Waals surface area (Å²) >= 11 is 5.06. The number of thioether (sulfide) groups is 1. The van der Waals surface area contributed by atoms with E-state index in [0.717, 1.165) is 20.9 Å². The Morgan fingerprint density at radius 3 is 2.52 bits per heavy atom. The molecule has 0 amide bonds. The third-order valence-corrected chi connectivity index (χ3v) is 5.43. The van der Waals surface area contributed by atoms with Crippen molar-refractivity contribution in [1.29, 1.82) is 0 Å². The highest BCUT2D eigenvalue weighted by molar-refractivity contribution is 9.10. The fraction of sp³-hybridized carbons (Fsp3) is 0.250. The van der Waals surface area contributed by atoms with E-state index in [-0.39, 0.29) is 12.4 Å². The van der Waals surface area contributed by atoms with Crippen molar-refractivity contribution < 1.29 is 9.53 Å². The number of ether oxygens (including phenoxy) is 1. The number of nitrogens with zero attached hydrogens (tertiary/aromatic N) is 3. The second-order valence-corrected chi connectivity index (χ2v) is 7.73. The zero-order valence-corrected chi connectivity index (χ0v) is 17.4. The lowest BCUT2D eigenvalue weighted by molar-refractivity contribution is -0.142. The molecule has 0 aliphatic carbocycles. The first-order chi connectivity index (χ1) is 13.2. The maximum atomic E-state index is 11.9. The number of benzene rings is 2. The number of carbonyl (C=O) groups excluding carboxylic acids is 1. The first-order valence-corrected chi connectivity index (χ1v) is 10.4. The number of esters is 1. The molecule has 3 aromatic rings. The normalized spacial score (nSPS) is 10.7. The highest BCUT2D eigenvalue weighted by Gasteiger charge is 2.17. The molecule has 1 heterocycles. The molecule has 140 valence electrons. The van der Waals surface area contributed by atoms with Gasteiger partial charge in [0.05, 0.1) is 13.2 Å². The van der Waals surface area contributed by atoms with Gasteiger partial charge in [0.15, 0.2) is 5.16 Å². The lowest BCUT2D eigenvalue weighted by Crippen LogP contribution is -2.14. The van der Waals surface area contributed by atoms with Gasteiger partial charge in [0.1, 0.15) is 12.2 Å². The van der Waals surface area contributed by atoms with Crippen LogP contribution in [0.5, 0.6) is 0 Å². The van der Waals surface area contributed by atoms with Gasteiger partial charge in [-0.1, -0.05) is 70.2 Å². The molecule has 0 N–H and O–H groups in total. The lowest BCUT2D eigenvalue weighted by atomic mass is 10.2. The maximum absolute atomic E-state index is 11.9. The quantitative estimate of drug-likeness (QED) is 0.377. The summed E-state index contributed by atoms with van der Waals surface area (Å²) in [6.45, 7) is 2.77. The van der Waals surface area contributed by atoms with Crippen LogP contribution in [0, 0.1) is 0 Å². The van der Waals surface area contributed by atoms with Crippen LogP contribution in [0.1, 0.15) is 23.9 Å². The van der Waals surface area contributed by atoms with Crippen LogP contribution in [0.15, 0.2) is 64.2 Å². The molecule has 0 aliphatic rings. The van der Waals surface area contributed by atoms with Crippen molar-refractivity contribution in [1.82, 2.24) is 14.8 Å². The Morgan fingerprint density at radius 2 is 1.81 bits per heavy atom. The molecule has 7 heteroatoms. The highest BCUT2D eigenvalue weighted by Crippen LogP contribution is 2.24. The molecule has 0 aliphatic heterocycles. The summed E-state index contributed by atoms with van der Waals surface area (Å²) in [5.41, 5.74) is 2.33. The maximum Gasteiger partial charge on any atom is 0.313 e. The van der Waals surface area contributed by atoms with E-state index in [1.54, 1.807) is 18.7 Å². The van der Waals surface area contributed by atoms with Crippen molar-refractivity contribution in [3.8, 4) is 0 Å². The van der Waals surface area contributed by atoms with E-state index in [9.17, 15) is 4.79 Å². The average molecular weight is 446 g/mol. The summed E-state index contributed by atoms with van der Waals surface area (Å²) in [5, 5.41) is 9.35. The molecule has 0 saturated carbocycles. The zero-order chi connectivity index (χ0) is 19.1. The summed E-state index contributed by atoms with van der Waals surface area (Å²) < 4.78 is 8.12. The van der Waals surface area contributed by atoms with Crippen LogP contribution >= 0.6 is 27.7 Å². The van der Waals surface area contributed by atoms with Crippen LogP contribution in [0.3, 0.4) is 0 Å². The summed E-state index contributed by atoms with van der Waals surface area (Å²) in [6, 6.07) is 18.3. The van der Waals surface area contributed by atoms with Crippen molar-refractivity contribution in [3.63, 3.8) is 0 Å². The number of aromatic nitrogens is 3. The Hall–Kier alpha value is -2.12. The van der Waals surface area contributed by atoms with E-state index < -0.39 is 0 Å². The van der Waals surface area contributed by atoms with E-state index in [2.05, 4.69) is 50.4 Å². The Labute approximate surface area is 171 Å². The molecule has 0 atom stereocenters. The minimum absolute atomic E-state index is 0.118. The molecule has 0 fully saturated rings. The molecule has 0 saturated heterocycles. The predicted octanol–water partition coefficient (Wildman–Crippen LogP) is 4.49. The van der Waals surface area contributed by atoms with Crippen LogP contribution in [-0.2, 0) is 28.2 Å². The van der Waals surface area contributed by atoms with Gasteiger partial charge in [-0.05, 0) is 30.2 Å². The number of rotatable bonds is 8. The Kier molecular flexibility index (Phi) is 7.06. The zero-order valence-electron chi connectivity index (χ0n) is 15.0. The van der Waals surface area contributed by atoms with E-state index >= 15 is 0 Å². The molecule has 0 radical (unpaired) electrons. The first-order valence-electron chi connectivity index (χ1n) is 8.64. The van der Waals surface area contributed by atoms with Crippen LogP contribution in [-0.4, -0.2) is 27.3 Å². The number of carbonyl (C=O) groups is 1. The third kappa shape index (κ3) is 5.68. The molecule has 2 aromatic carbocycles. The molecule has 3 rings (SSSR count). The number of halogens is 1. The van der Waals surface area contributed by atoms with E-state index in [4.69, 9.17) is 4.74 Å². The third-order valence-electron chi connectivity index (χ3n) is 3.87. The molecule has 27 heavy (non-hydrogen) atoms. The van der Waals surface area contributed by atoms with Gasteiger partial charge in [0, 0.05) is 10.2 Å². The second kappa shape index (κ2) is 9.71. The smallest absolute Gasteiger partial charge is 0.313 e. The lowest BCUT2D eigenvalue weighted by Gasteiger charge is -2.10. The van der Waals surface area contributed by atoms with Gasteiger partial charge in [-0.25, -0.2) is 0 Å². The summed E-state index contributed by atoms with van der Waals surface area (Å²) in [7, 11) is 0. The van der Waals surface area contributed by atoms with Crippen LogP contribution < -0.4 is 0 Å². The molecule has 5 nitrogen and oxygen atoms in total. The summed E-state index contributed by atoms with van der Waals surface area (Å²) in [5.74, 6) is 1.11. The fourth-order valence-electron chi connectivity index (χ4n) is 2.55. The minimum Gasteiger partial charge on any atom is -0.466 e. The fourth-order valence-corrected chi connectivity index (χ4v) is 3.73. The van der Waals surface area contributed by atoms with Crippen molar-refractivity contribution in [2.45, 2.75) is 30.8 Å². The van der Waals surface area contributed by atoms with Crippen molar-refractivity contribution >= 4 is 33.7 Å². The summed E-state index contributed by atoms with van der Waals surface area (Å²) in [6.07, 6.45) is 0.118. The minimum atomic E-state index is -0.288. The van der Waals surface area contributed by atoms with Gasteiger partial charge in [-0.15, -0.1) is 10.2 Å². The molecular formula is C20H20BrN3O2S. The molecule has 0 spiro atoms. The number of hydrogen-bond acceptors (Lipinski definition) is 5. The van der Waals surface area contributed by atoms with Gasteiger partial charge < -0.3 is 9.30 Å². The van der Waals surface area contributed by atoms with E-state index in [1.165, 1.54) is 5.56 Å². The Balaban J connectivity index is 1.80. The van der Waals surface area contributed by atoms with E-state index in [1.807, 2.05) is 34.9 Å². The van der Waals surface area contributed by atoms with Gasteiger partial charge >= 0.3 is 5.97 Å². The predicted molar refractivity (Wildman–Crippen MR) is 110 cm³/mol. The summed E-state index contributed by atoms with van der Waals surface area (Å²) in [4.78, 5) is 11.9. The topological polar surface area (TPSA) is 57.0 Å². The Bertz CT molecular complexity index is 882. The van der Waals surface area contributed by atoms with Gasteiger partial charge in [-0.2, -0.15) is 0 Å². The molecular weight excluding hydrogens is 426 g/mol. The van der Waals surface area contributed by atoms with Crippen LogP contribution in [0.2, 0.25) is 0 Å². The van der Waals surface area contributed by atoms with Crippen LogP contribution in [0.4, 0.5) is 0 Å². The molecule has 0 unspecified atom stereocenters. The largest absolute Gasteiger partial charge is 0.466 e. The van der Waals surface area contributed by atoms with E-state index in [0.29, 0.717) is 19.0 Å². The van der Waals surface area contributed by atoms with Gasteiger partial charge in [0.2, 0.25) is 0 Å². The van der Waals surface area contributed by atoms with Crippen LogP contribution in [0.25, 0.3) is 0 Å². The van der Waals surface area contributed by atoms with Gasteiger partial charge in [-0.3, -0.25) is 4.79 Å². The standard InChI is InChI=1S/C20H20BrN3O2S/c1-2-26-19(25)12-18-22-23-20(24(18)13-15-6-4-3-5-7-15)27-14-16-8-10-17(21)11-9-16/h3-11H,2,12-14H2,1H3. The van der Waals surface area contributed by atoms with Gasteiger partial charge in [0.25, 0.3) is 0 Å². The van der Waals surface area contributed by atoms with Crippen molar-refractivity contribution in [2.24, 2.45) is 0 Å². The average Bonchev–Trinajstić information content (AvgIpc) is 3.04. The molecule has 0 bridgehead atoms. The monoisotopic (exact) mass is 445 g/mol. The highest BCUT2D eigenvalue weighted by atomic mass is 79.9.